The number of rotatable bonds is 4. The van der Waals surface area contributed by atoms with E-state index in [1.165, 1.54) is 6.08 Å². The van der Waals surface area contributed by atoms with Crippen LogP contribution < -0.4 is 0 Å². The fourth-order valence-corrected chi connectivity index (χ4v) is 2.94. The lowest BCUT2D eigenvalue weighted by molar-refractivity contribution is -0.142. The molecule has 8 heteroatoms. The van der Waals surface area contributed by atoms with Crippen LogP contribution in [-0.4, -0.2) is 53.2 Å². The Labute approximate surface area is 165 Å². The molecule has 0 saturated carbocycles. The molecule has 1 aliphatic rings. The molecule has 0 fully saturated rings. The molecule has 1 heterocycles. The van der Waals surface area contributed by atoms with Crippen molar-refractivity contribution < 1.29 is 38.8 Å². The summed E-state index contributed by atoms with van der Waals surface area (Å²) < 4.78 is 15.1. The van der Waals surface area contributed by atoms with Gasteiger partial charge >= 0.3 is 18.1 Å². The van der Waals surface area contributed by atoms with Crippen molar-refractivity contribution in [3.05, 3.63) is 12.2 Å². The van der Waals surface area contributed by atoms with Gasteiger partial charge in [0.1, 0.15) is 18.8 Å². The first-order valence-electron chi connectivity index (χ1n) is 10.0. The Balaban J connectivity index is 2.65. The first kappa shape index (κ1) is 23.9. The number of hydrogen-bond acceptors (Lipinski definition) is 7. The van der Waals surface area contributed by atoms with E-state index < -0.39 is 30.3 Å². The Hall–Kier alpha value is -2.09. The number of carbonyl (C=O) groups is 3. The number of esters is 1. The summed E-state index contributed by atoms with van der Waals surface area (Å²) >= 11 is 0. The molecule has 0 radical (unpaired) electrons. The van der Waals surface area contributed by atoms with Gasteiger partial charge in [-0.1, -0.05) is 32.1 Å². The Morgan fingerprint density at radius 1 is 1.11 bits per heavy atom. The minimum Gasteiger partial charge on any atom is -0.481 e. The molecular formula is C20H32O8. The second-order valence-electron chi connectivity index (χ2n) is 7.05. The van der Waals surface area contributed by atoms with Gasteiger partial charge in [0.15, 0.2) is 0 Å². The highest BCUT2D eigenvalue weighted by atomic mass is 16.7. The van der Waals surface area contributed by atoms with Gasteiger partial charge in [-0.2, -0.15) is 0 Å². The van der Waals surface area contributed by atoms with Gasteiger partial charge in [0.05, 0.1) is 12.5 Å². The monoisotopic (exact) mass is 400 g/mol. The van der Waals surface area contributed by atoms with Crippen molar-refractivity contribution in [2.45, 2.75) is 89.4 Å². The van der Waals surface area contributed by atoms with Gasteiger partial charge in [-0.25, -0.2) is 9.59 Å². The number of aliphatic hydroxyl groups excluding tert-OH is 1. The van der Waals surface area contributed by atoms with Gasteiger partial charge in [-0.3, -0.25) is 4.79 Å². The number of carboxylic acids is 1. The molecule has 2 N–H and O–H groups in total. The molecule has 1 aliphatic heterocycles. The standard InChI is InChI=1S/C20H32O8/c1-15-9-7-5-3-2-4-6-8-10-17(16(21)11-12-19(24)27-15)28-20(25)26-14-13-18(22)23/h11-12,15-17,21H,2-10,13-14H2,1H3,(H,22,23)/b12-11+/t15-,16-,17+/m1/s1. The molecule has 0 aromatic rings. The molecule has 160 valence electrons. The first-order valence-corrected chi connectivity index (χ1v) is 10.0. The molecule has 8 nitrogen and oxygen atoms in total. The number of cyclic esters (lactones) is 1. The van der Waals surface area contributed by atoms with Crippen molar-refractivity contribution in [1.29, 1.82) is 0 Å². The van der Waals surface area contributed by atoms with Crippen molar-refractivity contribution in [1.82, 2.24) is 0 Å². The van der Waals surface area contributed by atoms with Gasteiger partial charge in [0, 0.05) is 6.08 Å². The van der Waals surface area contributed by atoms with E-state index in [4.69, 9.17) is 19.3 Å². The SMILES string of the molecule is C[C@@H]1CCCCCCCCC[C@H](OC(=O)OCCC(=O)O)[C@H](O)/C=C/C(=O)O1. The number of ether oxygens (including phenoxy) is 3. The maximum absolute atomic E-state index is 11.9. The number of aliphatic carboxylic acids is 1. The van der Waals surface area contributed by atoms with Crippen molar-refractivity contribution >= 4 is 18.1 Å². The predicted molar refractivity (Wildman–Crippen MR) is 101 cm³/mol. The molecule has 0 aromatic heterocycles. The normalized spacial score (nSPS) is 26.6. The molecule has 0 unspecified atom stereocenters. The lowest BCUT2D eigenvalue weighted by Gasteiger charge is -2.21. The molecule has 3 atom stereocenters. The van der Waals surface area contributed by atoms with Crippen LogP contribution in [0.2, 0.25) is 0 Å². The van der Waals surface area contributed by atoms with Gasteiger partial charge < -0.3 is 24.4 Å². The minimum absolute atomic E-state index is 0.196. The van der Waals surface area contributed by atoms with E-state index in [1.807, 2.05) is 6.92 Å². The number of hydrogen-bond donors (Lipinski definition) is 2. The van der Waals surface area contributed by atoms with Crippen LogP contribution in [0.5, 0.6) is 0 Å². The topological polar surface area (TPSA) is 119 Å². The van der Waals surface area contributed by atoms with E-state index in [0.29, 0.717) is 6.42 Å². The summed E-state index contributed by atoms with van der Waals surface area (Å²) in [6.07, 6.45) is 7.07. The highest BCUT2D eigenvalue weighted by molar-refractivity contribution is 5.82. The molecule has 0 amide bonds. The first-order chi connectivity index (χ1) is 13.4. The molecular weight excluding hydrogens is 368 g/mol. The van der Waals surface area contributed by atoms with Crippen LogP contribution in [0.3, 0.4) is 0 Å². The van der Waals surface area contributed by atoms with Gasteiger partial charge in [-0.05, 0) is 38.7 Å². The largest absolute Gasteiger partial charge is 0.508 e. The van der Waals surface area contributed by atoms with Crippen LogP contribution in [0.15, 0.2) is 12.2 Å². The van der Waals surface area contributed by atoms with E-state index >= 15 is 0 Å². The molecule has 0 saturated heterocycles. The lowest BCUT2D eigenvalue weighted by atomic mass is 10.0. The maximum Gasteiger partial charge on any atom is 0.508 e. The Kier molecular flexibility index (Phi) is 12.0. The summed E-state index contributed by atoms with van der Waals surface area (Å²) in [7, 11) is 0. The third-order valence-corrected chi connectivity index (χ3v) is 4.51. The fraction of sp³-hybridized carbons (Fsp3) is 0.750. The van der Waals surface area contributed by atoms with Gasteiger partial charge in [0.25, 0.3) is 0 Å². The summed E-state index contributed by atoms with van der Waals surface area (Å²) in [5, 5.41) is 18.9. The van der Waals surface area contributed by atoms with E-state index in [9.17, 15) is 19.5 Å². The Morgan fingerprint density at radius 2 is 1.71 bits per heavy atom. The molecule has 28 heavy (non-hydrogen) atoms. The van der Waals surface area contributed by atoms with Crippen molar-refractivity contribution in [2.24, 2.45) is 0 Å². The fourth-order valence-electron chi connectivity index (χ4n) is 2.94. The van der Waals surface area contributed by atoms with Crippen molar-refractivity contribution in [3.8, 4) is 0 Å². The highest BCUT2D eigenvalue weighted by Gasteiger charge is 2.23. The van der Waals surface area contributed by atoms with Crippen LogP contribution in [0, 0.1) is 0 Å². The molecule has 0 spiro atoms. The second-order valence-corrected chi connectivity index (χ2v) is 7.05. The summed E-state index contributed by atoms with van der Waals surface area (Å²) in [6.45, 7) is 1.53. The van der Waals surface area contributed by atoms with Crippen molar-refractivity contribution in [3.63, 3.8) is 0 Å². The van der Waals surface area contributed by atoms with Gasteiger partial charge in [0.2, 0.25) is 0 Å². The van der Waals surface area contributed by atoms with E-state index in [2.05, 4.69) is 0 Å². The molecule has 0 aliphatic carbocycles. The van der Waals surface area contributed by atoms with E-state index in [-0.39, 0.29) is 19.1 Å². The van der Waals surface area contributed by atoms with E-state index in [1.54, 1.807) is 0 Å². The smallest absolute Gasteiger partial charge is 0.481 e. The van der Waals surface area contributed by atoms with Crippen molar-refractivity contribution in [2.75, 3.05) is 6.61 Å². The summed E-state index contributed by atoms with van der Waals surface area (Å²) in [5.74, 6) is -1.64. The minimum atomic E-state index is -1.19. The number of carboxylic acid groups (broad SMARTS) is 1. The summed E-state index contributed by atoms with van der Waals surface area (Å²) in [5.41, 5.74) is 0. The highest BCUT2D eigenvalue weighted by Crippen LogP contribution is 2.17. The van der Waals surface area contributed by atoms with Crippen LogP contribution in [0.1, 0.15) is 71.1 Å². The van der Waals surface area contributed by atoms with Crippen LogP contribution in [0.4, 0.5) is 4.79 Å². The summed E-state index contributed by atoms with van der Waals surface area (Å²) in [4.78, 5) is 34.1. The predicted octanol–water partition coefficient (Wildman–Crippen LogP) is 3.36. The third-order valence-electron chi connectivity index (χ3n) is 4.51. The molecule has 1 rings (SSSR count). The van der Waals surface area contributed by atoms with E-state index in [0.717, 1.165) is 57.4 Å². The zero-order chi connectivity index (χ0) is 20.8. The van der Waals surface area contributed by atoms with Crippen LogP contribution in [0.25, 0.3) is 0 Å². The number of carbonyl (C=O) groups excluding carboxylic acids is 2. The average molecular weight is 400 g/mol. The quantitative estimate of drug-likeness (QED) is 0.690. The molecule has 0 bridgehead atoms. The second kappa shape index (κ2) is 14.0. The lowest BCUT2D eigenvalue weighted by Crippen LogP contribution is -2.31. The number of aliphatic hydroxyl groups is 1. The van der Waals surface area contributed by atoms with Crippen LogP contribution >= 0.6 is 0 Å². The zero-order valence-electron chi connectivity index (χ0n) is 16.5. The summed E-state index contributed by atoms with van der Waals surface area (Å²) in [6, 6.07) is 0. The Bertz CT molecular complexity index is 516. The zero-order valence-corrected chi connectivity index (χ0v) is 16.5. The Morgan fingerprint density at radius 3 is 2.36 bits per heavy atom. The molecule has 0 aromatic carbocycles. The van der Waals surface area contributed by atoms with Gasteiger partial charge in [-0.15, -0.1) is 0 Å². The van der Waals surface area contributed by atoms with Crippen LogP contribution in [-0.2, 0) is 23.8 Å². The average Bonchev–Trinajstić information content (AvgIpc) is 2.62. The third kappa shape index (κ3) is 11.6. The maximum atomic E-state index is 11.9.